The second kappa shape index (κ2) is 10.7. The molecule has 184 valence electrons. The third-order valence-corrected chi connectivity index (χ3v) is 6.72. The van der Waals surface area contributed by atoms with E-state index in [4.69, 9.17) is 18.9 Å². The Kier molecular flexibility index (Phi) is 7.46. The van der Waals surface area contributed by atoms with Crippen LogP contribution in [0.2, 0.25) is 0 Å². The Morgan fingerprint density at radius 1 is 0.857 bits per heavy atom. The number of hydrogen-bond donors (Lipinski definition) is 2. The number of benzene rings is 3. The van der Waals surface area contributed by atoms with Crippen molar-refractivity contribution in [3.8, 4) is 23.0 Å². The van der Waals surface area contributed by atoms with Gasteiger partial charge in [-0.1, -0.05) is 24.3 Å². The van der Waals surface area contributed by atoms with Gasteiger partial charge in [0.05, 0.1) is 28.4 Å². The number of aliphatic hydroxyl groups is 1. The summed E-state index contributed by atoms with van der Waals surface area (Å²) in [6, 6.07) is 18.9. The molecule has 35 heavy (non-hydrogen) atoms. The maximum absolute atomic E-state index is 13.5. The molecule has 4 rings (SSSR count). The molecule has 1 aliphatic rings. The molecule has 7 heteroatoms. The Morgan fingerprint density at radius 2 is 1.49 bits per heavy atom. The minimum absolute atomic E-state index is 0.138. The van der Waals surface area contributed by atoms with Crippen LogP contribution in [0.4, 0.5) is 5.69 Å². The number of aliphatic hydroxyl groups excluding tert-OH is 1. The molecule has 0 spiro atoms. The first kappa shape index (κ1) is 24.4. The Hall–Kier alpha value is -3.71. The molecule has 0 heterocycles. The molecule has 0 unspecified atom stereocenters. The van der Waals surface area contributed by atoms with Gasteiger partial charge in [0.1, 0.15) is 0 Å². The summed E-state index contributed by atoms with van der Waals surface area (Å²) in [6.07, 6.45) is 0.462. The van der Waals surface area contributed by atoms with Gasteiger partial charge in [-0.05, 0) is 59.5 Å². The van der Waals surface area contributed by atoms with E-state index in [1.165, 1.54) is 0 Å². The highest BCUT2D eigenvalue weighted by Gasteiger charge is 2.42. The molecule has 7 nitrogen and oxygen atoms in total. The van der Waals surface area contributed by atoms with E-state index in [0.717, 1.165) is 22.4 Å². The van der Waals surface area contributed by atoms with Gasteiger partial charge in [0.15, 0.2) is 23.0 Å². The first-order valence-electron chi connectivity index (χ1n) is 11.5. The third kappa shape index (κ3) is 4.77. The summed E-state index contributed by atoms with van der Waals surface area (Å²) in [7, 11) is 6.36. The second-order valence-electron chi connectivity index (χ2n) is 8.51. The van der Waals surface area contributed by atoms with E-state index in [9.17, 15) is 9.90 Å². The minimum atomic E-state index is -0.469. The zero-order valence-corrected chi connectivity index (χ0v) is 20.4. The molecule has 0 fully saturated rings. The average molecular weight is 478 g/mol. The molecule has 0 aromatic heterocycles. The molecule has 1 aliphatic carbocycles. The first-order chi connectivity index (χ1) is 17.0. The zero-order valence-electron chi connectivity index (χ0n) is 20.4. The normalized spacial score (nSPS) is 18.8. The van der Waals surface area contributed by atoms with Crippen LogP contribution in [-0.2, 0) is 11.2 Å². The molecule has 3 atom stereocenters. The zero-order chi connectivity index (χ0) is 24.9. The van der Waals surface area contributed by atoms with Crippen LogP contribution in [-0.4, -0.2) is 46.1 Å². The lowest BCUT2D eigenvalue weighted by Crippen LogP contribution is -2.40. The van der Waals surface area contributed by atoms with Gasteiger partial charge in [-0.2, -0.15) is 0 Å². The van der Waals surface area contributed by atoms with Crippen molar-refractivity contribution in [3.63, 3.8) is 0 Å². The fourth-order valence-electron chi connectivity index (χ4n) is 5.00. The maximum atomic E-state index is 13.5. The number of carbonyl (C=O) groups is 1. The van der Waals surface area contributed by atoms with Crippen molar-refractivity contribution in [2.45, 2.75) is 12.3 Å². The number of amides is 1. The molecule has 3 aromatic rings. The predicted octanol–water partition coefficient (Wildman–Crippen LogP) is 4.27. The highest BCUT2D eigenvalue weighted by molar-refractivity contribution is 5.93. The van der Waals surface area contributed by atoms with Crippen molar-refractivity contribution in [3.05, 3.63) is 77.4 Å². The van der Waals surface area contributed by atoms with E-state index in [1.807, 2.05) is 60.7 Å². The highest BCUT2D eigenvalue weighted by atomic mass is 16.5. The van der Waals surface area contributed by atoms with Crippen molar-refractivity contribution >= 4 is 11.6 Å². The molecular weight excluding hydrogens is 446 g/mol. The molecule has 0 radical (unpaired) electrons. The smallest absolute Gasteiger partial charge is 0.228 e. The lowest BCUT2D eigenvalue weighted by Gasteiger charge is -2.39. The van der Waals surface area contributed by atoms with E-state index in [0.29, 0.717) is 29.4 Å². The number of fused-ring (bicyclic) bond motifs is 1. The number of rotatable bonds is 8. The number of methoxy groups -OCH3 is 4. The van der Waals surface area contributed by atoms with E-state index in [2.05, 4.69) is 5.32 Å². The molecule has 0 aliphatic heterocycles. The number of nitrogens with one attached hydrogen (secondary N) is 1. The van der Waals surface area contributed by atoms with Gasteiger partial charge >= 0.3 is 0 Å². The van der Waals surface area contributed by atoms with Crippen LogP contribution >= 0.6 is 0 Å². The number of hydrogen-bond acceptors (Lipinski definition) is 6. The summed E-state index contributed by atoms with van der Waals surface area (Å²) >= 11 is 0. The van der Waals surface area contributed by atoms with Crippen molar-refractivity contribution in [2.75, 3.05) is 40.4 Å². The summed E-state index contributed by atoms with van der Waals surface area (Å²) < 4.78 is 22.1. The van der Waals surface area contributed by atoms with Crippen LogP contribution in [0, 0.1) is 11.8 Å². The summed E-state index contributed by atoms with van der Waals surface area (Å²) in [4.78, 5) is 13.5. The summed E-state index contributed by atoms with van der Waals surface area (Å²) in [5, 5.41) is 13.6. The lowest BCUT2D eigenvalue weighted by molar-refractivity contribution is -0.122. The van der Waals surface area contributed by atoms with Gasteiger partial charge in [0.25, 0.3) is 0 Å². The number of ether oxygens (including phenoxy) is 4. The van der Waals surface area contributed by atoms with Crippen LogP contribution in [0.1, 0.15) is 22.6 Å². The van der Waals surface area contributed by atoms with Crippen molar-refractivity contribution < 1.29 is 28.8 Å². The molecule has 3 aromatic carbocycles. The van der Waals surface area contributed by atoms with Crippen LogP contribution in [0.15, 0.2) is 60.7 Å². The Bertz CT molecular complexity index is 1180. The Labute approximate surface area is 205 Å². The van der Waals surface area contributed by atoms with Gasteiger partial charge in [0, 0.05) is 30.0 Å². The molecule has 0 saturated carbocycles. The van der Waals surface area contributed by atoms with Gasteiger partial charge in [-0.25, -0.2) is 0 Å². The summed E-state index contributed by atoms with van der Waals surface area (Å²) in [5.74, 6) is 1.13. The summed E-state index contributed by atoms with van der Waals surface area (Å²) in [5.41, 5.74) is 3.58. The SMILES string of the molecule is COc1ccc([C@@H]2c3cc(OC)c(OC)cc3C[C@@H](C(=O)Nc3ccccc3)[C@@H]2CO)cc1OC. The minimum Gasteiger partial charge on any atom is -0.493 e. The topological polar surface area (TPSA) is 86.3 Å². The molecule has 0 saturated heterocycles. The largest absolute Gasteiger partial charge is 0.493 e. The number of para-hydroxylation sites is 1. The monoisotopic (exact) mass is 477 g/mol. The van der Waals surface area contributed by atoms with Crippen molar-refractivity contribution in [2.24, 2.45) is 11.8 Å². The van der Waals surface area contributed by atoms with Crippen LogP contribution in [0.3, 0.4) is 0 Å². The lowest BCUT2D eigenvalue weighted by atomic mass is 9.66. The Morgan fingerprint density at radius 3 is 2.11 bits per heavy atom. The molecule has 1 amide bonds. The molecule has 2 N–H and O–H groups in total. The predicted molar refractivity (Wildman–Crippen MR) is 134 cm³/mol. The van der Waals surface area contributed by atoms with Gasteiger partial charge in [0.2, 0.25) is 5.91 Å². The standard InChI is InChI=1S/C28H31NO6/c1-32-23-11-10-17(13-24(23)33-2)27-20-15-26(35-4)25(34-3)14-18(20)12-21(22(27)16-30)28(31)29-19-8-6-5-7-9-19/h5-11,13-15,21-22,27,30H,12,16H2,1-4H3,(H,29,31)/t21-,22+,27-/m1/s1. The average Bonchev–Trinajstić information content (AvgIpc) is 2.91. The van der Waals surface area contributed by atoms with Gasteiger partial charge in [-0.15, -0.1) is 0 Å². The quantitative estimate of drug-likeness (QED) is 0.504. The van der Waals surface area contributed by atoms with Crippen LogP contribution in [0.5, 0.6) is 23.0 Å². The second-order valence-corrected chi connectivity index (χ2v) is 8.51. The van der Waals surface area contributed by atoms with Crippen LogP contribution in [0.25, 0.3) is 0 Å². The number of anilines is 1. The first-order valence-corrected chi connectivity index (χ1v) is 11.5. The maximum Gasteiger partial charge on any atom is 0.228 e. The van der Waals surface area contributed by atoms with Crippen LogP contribution < -0.4 is 24.3 Å². The van der Waals surface area contributed by atoms with E-state index >= 15 is 0 Å². The van der Waals surface area contributed by atoms with Crippen molar-refractivity contribution in [1.29, 1.82) is 0 Å². The Balaban J connectivity index is 1.84. The van der Waals surface area contributed by atoms with E-state index in [-0.39, 0.29) is 24.3 Å². The third-order valence-electron chi connectivity index (χ3n) is 6.72. The summed E-state index contributed by atoms with van der Waals surface area (Å²) in [6.45, 7) is -0.167. The van der Waals surface area contributed by atoms with Gasteiger partial charge < -0.3 is 29.4 Å². The van der Waals surface area contributed by atoms with Crippen molar-refractivity contribution in [1.82, 2.24) is 0 Å². The molecule has 0 bridgehead atoms. The molecular formula is C28H31NO6. The van der Waals surface area contributed by atoms with E-state index in [1.54, 1.807) is 28.4 Å². The highest BCUT2D eigenvalue weighted by Crippen LogP contribution is 2.48. The fraction of sp³-hybridized carbons (Fsp3) is 0.321. The van der Waals surface area contributed by atoms with E-state index < -0.39 is 5.92 Å². The fourth-order valence-corrected chi connectivity index (χ4v) is 5.00. The number of carbonyl (C=O) groups excluding carboxylic acids is 1. The van der Waals surface area contributed by atoms with Gasteiger partial charge in [-0.3, -0.25) is 4.79 Å².